The zero-order valence-corrected chi connectivity index (χ0v) is 18.4. The van der Waals surface area contributed by atoms with E-state index in [1.165, 1.54) is 30.7 Å². The van der Waals surface area contributed by atoms with Gasteiger partial charge in [0.15, 0.2) is 9.84 Å². The number of fused-ring (bicyclic) bond motifs is 1. The number of nitrogens with one attached hydrogen (secondary N) is 1. The summed E-state index contributed by atoms with van der Waals surface area (Å²) in [6.07, 6.45) is 5.96. The van der Waals surface area contributed by atoms with E-state index in [0.717, 1.165) is 19.3 Å². The number of nitrogens with zero attached hydrogens (tertiary/aromatic N) is 1. The van der Waals surface area contributed by atoms with Gasteiger partial charge in [-0.2, -0.15) is 0 Å². The molecule has 0 radical (unpaired) electrons. The van der Waals surface area contributed by atoms with Crippen molar-refractivity contribution in [3.05, 3.63) is 66.1 Å². The second kappa shape index (κ2) is 8.83. The van der Waals surface area contributed by atoms with Gasteiger partial charge in [-0.1, -0.05) is 50.1 Å². The van der Waals surface area contributed by atoms with Gasteiger partial charge in [0, 0.05) is 23.1 Å². The van der Waals surface area contributed by atoms with Crippen molar-refractivity contribution in [2.75, 3.05) is 0 Å². The lowest BCUT2D eigenvalue weighted by Gasteiger charge is -2.29. The number of rotatable bonds is 6. The van der Waals surface area contributed by atoms with E-state index in [1.54, 1.807) is 22.9 Å². The van der Waals surface area contributed by atoms with Crippen molar-refractivity contribution in [2.24, 2.45) is 5.92 Å². The van der Waals surface area contributed by atoms with E-state index in [4.69, 9.17) is 0 Å². The first-order valence-electron chi connectivity index (χ1n) is 10.7. The fourth-order valence-corrected chi connectivity index (χ4v) is 5.99. The van der Waals surface area contributed by atoms with Gasteiger partial charge in [-0.25, -0.2) is 12.8 Å². The average Bonchev–Trinajstić information content (AvgIpc) is 3.11. The molecule has 31 heavy (non-hydrogen) atoms. The molecule has 2 unspecified atom stereocenters. The second-order valence-electron chi connectivity index (χ2n) is 8.46. The molecular weight excluding hydrogens is 415 g/mol. The summed E-state index contributed by atoms with van der Waals surface area (Å²) in [5.41, 5.74) is 1.22. The lowest BCUT2D eigenvalue weighted by atomic mass is 9.86. The van der Waals surface area contributed by atoms with Crippen molar-refractivity contribution in [1.29, 1.82) is 0 Å². The molecule has 5 nitrogen and oxygen atoms in total. The van der Waals surface area contributed by atoms with Crippen LogP contribution >= 0.6 is 0 Å². The third kappa shape index (κ3) is 4.82. The molecule has 164 valence electrons. The molecule has 1 aromatic heterocycles. The van der Waals surface area contributed by atoms with Gasteiger partial charge in [-0.05, 0) is 42.5 Å². The van der Waals surface area contributed by atoms with Crippen molar-refractivity contribution < 1.29 is 17.6 Å². The number of para-hydroxylation sites is 1. The predicted molar refractivity (Wildman–Crippen MR) is 119 cm³/mol. The van der Waals surface area contributed by atoms with E-state index in [1.807, 2.05) is 12.1 Å². The molecule has 1 fully saturated rings. The van der Waals surface area contributed by atoms with Crippen LogP contribution in [-0.2, 0) is 26.9 Å². The van der Waals surface area contributed by atoms with Gasteiger partial charge in [0.2, 0.25) is 5.91 Å². The lowest BCUT2D eigenvalue weighted by molar-refractivity contribution is -0.122. The van der Waals surface area contributed by atoms with E-state index in [0.29, 0.717) is 22.4 Å². The molecule has 0 bridgehead atoms. The maximum absolute atomic E-state index is 13.2. The number of aromatic nitrogens is 1. The number of carbonyl (C=O) groups is 1. The summed E-state index contributed by atoms with van der Waals surface area (Å²) in [6.45, 7) is 2.23. The number of amides is 1. The summed E-state index contributed by atoms with van der Waals surface area (Å²) in [5.74, 6) is -0.295. The molecule has 1 amide bonds. The van der Waals surface area contributed by atoms with E-state index in [2.05, 4.69) is 12.2 Å². The van der Waals surface area contributed by atoms with Crippen LogP contribution < -0.4 is 5.32 Å². The van der Waals surface area contributed by atoms with Crippen molar-refractivity contribution in [2.45, 2.75) is 55.8 Å². The molecule has 1 heterocycles. The fourth-order valence-electron chi connectivity index (χ4n) is 4.41. The Balaban J connectivity index is 1.59. The maximum Gasteiger partial charge on any atom is 0.240 e. The zero-order chi connectivity index (χ0) is 22.0. The van der Waals surface area contributed by atoms with E-state index in [9.17, 15) is 17.6 Å². The number of halogens is 1. The minimum absolute atomic E-state index is 0.0653. The summed E-state index contributed by atoms with van der Waals surface area (Å²) >= 11 is 0. The Morgan fingerprint density at radius 1 is 1.10 bits per heavy atom. The predicted octanol–water partition coefficient (Wildman–Crippen LogP) is 4.45. The van der Waals surface area contributed by atoms with Crippen LogP contribution in [0.15, 0.2) is 59.6 Å². The van der Waals surface area contributed by atoms with Crippen LogP contribution in [0.4, 0.5) is 4.39 Å². The lowest BCUT2D eigenvalue weighted by Crippen LogP contribution is -2.42. The summed E-state index contributed by atoms with van der Waals surface area (Å²) in [4.78, 5) is 12.9. The molecule has 0 saturated heterocycles. The van der Waals surface area contributed by atoms with Crippen LogP contribution in [0, 0.1) is 11.7 Å². The van der Waals surface area contributed by atoms with Gasteiger partial charge in [-0.15, -0.1) is 0 Å². The first-order valence-corrected chi connectivity index (χ1v) is 12.3. The van der Waals surface area contributed by atoms with Crippen LogP contribution in [0.5, 0.6) is 0 Å². The largest absolute Gasteiger partial charge is 0.352 e. The van der Waals surface area contributed by atoms with Crippen molar-refractivity contribution >= 4 is 26.6 Å². The Bertz CT molecular complexity index is 1190. The zero-order valence-electron chi connectivity index (χ0n) is 17.6. The average molecular weight is 443 g/mol. The molecule has 1 aliphatic carbocycles. The molecule has 4 rings (SSSR count). The molecular formula is C24H27FN2O3S. The third-order valence-corrected chi connectivity index (χ3v) is 7.84. The summed E-state index contributed by atoms with van der Waals surface area (Å²) < 4.78 is 41.2. The Labute approximate surface area is 182 Å². The Morgan fingerprint density at radius 3 is 2.55 bits per heavy atom. The van der Waals surface area contributed by atoms with Gasteiger partial charge in [0.25, 0.3) is 0 Å². The van der Waals surface area contributed by atoms with E-state index < -0.39 is 15.7 Å². The third-order valence-electron chi connectivity index (χ3n) is 6.13. The smallest absolute Gasteiger partial charge is 0.240 e. The van der Waals surface area contributed by atoms with Crippen LogP contribution in [0.3, 0.4) is 0 Å². The molecule has 2 aromatic carbocycles. The Hall–Kier alpha value is -2.67. The molecule has 0 aliphatic heterocycles. The number of benzene rings is 2. The van der Waals surface area contributed by atoms with Crippen molar-refractivity contribution in [1.82, 2.24) is 9.88 Å². The maximum atomic E-state index is 13.2. The molecule has 1 aliphatic rings. The Morgan fingerprint density at radius 2 is 1.81 bits per heavy atom. The highest BCUT2D eigenvalue weighted by atomic mass is 32.2. The number of hydrogen-bond donors (Lipinski definition) is 1. The van der Waals surface area contributed by atoms with Crippen LogP contribution in [0.25, 0.3) is 10.9 Å². The number of carbonyl (C=O) groups excluding carboxylic acids is 1. The Kier molecular flexibility index (Phi) is 6.14. The highest BCUT2D eigenvalue weighted by Crippen LogP contribution is 2.28. The van der Waals surface area contributed by atoms with Gasteiger partial charge in [-0.3, -0.25) is 4.79 Å². The van der Waals surface area contributed by atoms with Crippen LogP contribution in [0.2, 0.25) is 0 Å². The van der Waals surface area contributed by atoms with E-state index >= 15 is 0 Å². The van der Waals surface area contributed by atoms with Gasteiger partial charge in [0.05, 0.1) is 10.6 Å². The highest BCUT2D eigenvalue weighted by molar-refractivity contribution is 7.90. The first kappa shape index (κ1) is 21.6. The summed E-state index contributed by atoms with van der Waals surface area (Å²) in [5, 5.41) is 3.72. The minimum atomic E-state index is -3.68. The highest BCUT2D eigenvalue weighted by Gasteiger charge is 2.25. The number of hydrogen-bond acceptors (Lipinski definition) is 3. The van der Waals surface area contributed by atoms with E-state index in [-0.39, 0.29) is 29.1 Å². The van der Waals surface area contributed by atoms with Crippen LogP contribution in [-0.4, -0.2) is 24.9 Å². The minimum Gasteiger partial charge on any atom is -0.352 e. The topological polar surface area (TPSA) is 68.2 Å². The summed E-state index contributed by atoms with van der Waals surface area (Å²) in [7, 11) is -3.68. The molecule has 3 aromatic rings. The second-order valence-corrected chi connectivity index (χ2v) is 10.4. The molecule has 7 heteroatoms. The summed E-state index contributed by atoms with van der Waals surface area (Å²) in [6, 6.07) is 12.8. The van der Waals surface area contributed by atoms with Crippen molar-refractivity contribution in [3.8, 4) is 0 Å². The molecule has 1 saturated carbocycles. The quantitative estimate of drug-likeness (QED) is 0.613. The number of sulfone groups is 1. The van der Waals surface area contributed by atoms with Crippen molar-refractivity contribution in [3.63, 3.8) is 0 Å². The fraction of sp³-hybridized carbons (Fsp3) is 0.375. The molecule has 1 N–H and O–H groups in total. The monoisotopic (exact) mass is 442 g/mol. The molecule has 2 atom stereocenters. The van der Waals surface area contributed by atoms with Gasteiger partial charge in [0.1, 0.15) is 12.4 Å². The standard InChI is InChI=1S/C24H27FN2O3S/c1-17-6-2-4-8-21(17)26-24(28)15-27-14-23(20-7-3-5-9-22(20)27)31(29,30)16-18-10-12-19(25)13-11-18/h3,5,7,9-14,17,21H,2,4,6,8,15-16H2,1H3,(H,26,28). The first-order chi connectivity index (χ1) is 14.8. The van der Waals surface area contributed by atoms with Crippen LogP contribution in [0.1, 0.15) is 38.2 Å². The van der Waals surface area contributed by atoms with Gasteiger partial charge < -0.3 is 9.88 Å². The van der Waals surface area contributed by atoms with Gasteiger partial charge >= 0.3 is 0 Å². The SMILES string of the molecule is CC1CCCCC1NC(=O)Cn1cc(S(=O)(=O)Cc2ccc(F)cc2)c2ccccc21. The normalized spacial score (nSPS) is 19.4. The molecule has 0 spiro atoms.